The molecule has 1 amide bonds. The molecule has 0 saturated carbocycles. The number of carbonyl (C=O) groups excluding carboxylic acids is 2. The molecule has 0 spiro atoms. The summed E-state index contributed by atoms with van der Waals surface area (Å²) in [5.41, 5.74) is 6.33. The van der Waals surface area contributed by atoms with E-state index in [9.17, 15) is 14.0 Å². The van der Waals surface area contributed by atoms with Gasteiger partial charge < -0.3 is 15.5 Å². The van der Waals surface area contributed by atoms with E-state index in [0.29, 0.717) is 46.9 Å². The Labute approximate surface area is 158 Å². The van der Waals surface area contributed by atoms with Crippen molar-refractivity contribution in [1.29, 1.82) is 0 Å². The van der Waals surface area contributed by atoms with Crippen LogP contribution < -0.4 is 10.6 Å². The van der Waals surface area contributed by atoms with Gasteiger partial charge in [-0.15, -0.1) is 10.2 Å². The maximum absolute atomic E-state index is 14.3. The van der Waals surface area contributed by atoms with Crippen molar-refractivity contribution in [3.05, 3.63) is 29.6 Å². The Morgan fingerprint density at radius 3 is 2.58 bits per heavy atom. The number of nitrogens with zero attached hydrogens (tertiary/aromatic N) is 4. The Morgan fingerprint density at radius 1 is 1.27 bits per heavy atom. The third-order valence-corrected chi connectivity index (χ3v) is 5.94. The third-order valence-electron chi connectivity index (χ3n) is 4.07. The van der Waals surface area contributed by atoms with Crippen LogP contribution in [-0.4, -0.2) is 58.7 Å². The summed E-state index contributed by atoms with van der Waals surface area (Å²) in [5.74, 6) is -0.297. The van der Waals surface area contributed by atoms with Gasteiger partial charge in [-0.25, -0.2) is 4.39 Å². The van der Waals surface area contributed by atoms with E-state index in [-0.39, 0.29) is 17.4 Å². The number of ketones is 1. The van der Waals surface area contributed by atoms with E-state index >= 15 is 0 Å². The molecule has 1 aliphatic rings. The molecule has 0 aliphatic carbocycles. The zero-order valence-electron chi connectivity index (χ0n) is 14.1. The van der Waals surface area contributed by atoms with Crippen molar-refractivity contribution in [3.63, 3.8) is 0 Å². The lowest BCUT2D eigenvalue weighted by molar-refractivity contribution is -0.128. The van der Waals surface area contributed by atoms with Gasteiger partial charge in [-0.1, -0.05) is 23.1 Å². The van der Waals surface area contributed by atoms with Crippen molar-refractivity contribution in [3.8, 4) is 0 Å². The van der Waals surface area contributed by atoms with E-state index in [1.54, 1.807) is 17.0 Å². The molecule has 10 heteroatoms. The second-order valence-corrected chi connectivity index (χ2v) is 8.02. The molecule has 3 rings (SSSR count). The molecule has 1 aromatic carbocycles. The first kappa shape index (κ1) is 18.6. The standard InChI is InChI=1S/C16H18FN5O2S2/c1-10(23)11-2-3-13(12(17)8-11)21-4-6-22(7-5-21)14(24)9-25-16-20-19-15(18)26-16/h2-3,8H,4-7,9H2,1H3,(H2,18,19). The summed E-state index contributed by atoms with van der Waals surface area (Å²) in [6.45, 7) is 3.53. The number of Topliss-reactive ketones (excluding diaryl/α,β-unsaturated/α-hetero) is 1. The van der Waals surface area contributed by atoms with Gasteiger partial charge in [0, 0.05) is 31.7 Å². The predicted molar refractivity (Wildman–Crippen MR) is 100 cm³/mol. The number of nitrogens with two attached hydrogens (primary N) is 1. The van der Waals surface area contributed by atoms with Gasteiger partial charge in [-0.2, -0.15) is 0 Å². The number of halogens is 1. The zero-order valence-corrected chi connectivity index (χ0v) is 15.8. The minimum absolute atomic E-state index is 0.0100. The van der Waals surface area contributed by atoms with Crippen LogP contribution in [0.2, 0.25) is 0 Å². The number of nitrogen functional groups attached to an aromatic ring is 1. The molecule has 2 aromatic rings. The lowest BCUT2D eigenvalue weighted by atomic mass is 10.1. The fraction of sp³-hybridized carbons (Fsp3) is 0.375. The fourth-order valence-corrected chi connectivity index (χ4v) is 4.21. The highest BCUT2D eigenvalue weighted by atomic mass is 32.2. The van der Waals surface area contributed by atoms with Crippen molar-refractivity contribution < 1.29 is 14.0 Å². The number of hydrogen-bond donors (Lipinski definition) is 1. The maximum atomic E-state index is 14.3. The second-order valence-electron chi connectivity index (χ2n) is 5.79. The van der Waals surface area contributed by atoms with E-state index in [4.69, 9.17) is 5.73 Å². The van der Waals surface area contributed by atoms with Crippen LogP contribution in [0.4, 0.5) is 15.2 Å². The number of rotatable bonds is 5. The van der Waals surface area contributed by atoms with Gasteiger partial charge >= 0.3 is 0 Å². The zero-order chi connectivity index (χ0) is 18.7. The van der Waals surface area contributed by atoms with Gasteiger partial charge in [0.05, 0.1) is 11.4 Å². The molecular weight excluding hydrogens is 377 g/mol. The van der Waals surface area contributed by atoms with Crippen molar-refractivity contribution in [2.75, 3.05) is 42.6 Å². The summed E-state index contributed by atoms with van der Waals surface area (Å²) in [4.78, 5) is 27.3. The Balaban J connectivity index is 1.53. The minimum Gasteiger partial charge on any atom is -0.374 e. The number of aromatic nitrogens is 2. The molecule has 138 valence electrons. The highest BCUT2D eigenvalue weighted by Gasteiger charge is 2.23. The van der Waals surface area contributed by atoms with Crippen molar-refractivity contribution in [2.45, 2.75) is 11.3 Å². The fourth-order valence-electron chi connectivity index (χ4n) is 2.67. The molecule has 1 fully saturated rings. The van der Waals surface area contributed by atoms with E-state index < -0.39 is 5.82 Å². The Kier molecular flexibility index (Phi) is 5.72. The average molecular weight is 395 g/mol. The number of hydrogen-bond acceptors (Lipinski definition) is 8. The Bertz CT molecular complexity index is 821. The first-order chi connectivity index (χ1) is 12.4. The van der Waals surface area contributed by atoms with Crippen LogP contribution in [0.5, 0.6) is 0 Å². The number of thioether (sulfide) groups is 1. The molecule has 7 nitrogen and oxygen atoms in total. The molecule has 1 saturated heterocycles. The Hall–Kier alpha value is -2.20. The lowest BCUT2D eigenvalue weighted by Gasteiger charge is -2.36. The first-order valence-corrected chi connectivity index (χ1v) is 9.79. The van der Waals surface area contributed by atoms with E-state index in [1.807, 2.05) is 4.90 Å². The van der Waals surface area contributed by atoms with Crippen LogP contribution in [0.25, 0.3) is 0 Å². The average Bonchev–Trinajstić information content (AvgIpc) is 3.05. The van der Waals surface area contributed by atoms with Crippen molar-refractivity contribution in [2.24, 2.45) is 0 Å². The SMILES string of the molecule is CC(=O)c1ccc(N2CCN(C(=O)CSc3nnc(N)s3)CC2)c(F)c1. The van der Waals surface area contributed by atoms with Crippen molar-refractivity contribution >= 4 is 45.6 Å². The number of anilines is 2. The van der Waals surface area contributed by atoms with Gasteiger partial charge in [0.2, 0.25) is 11.0 Å². The van der Waals surface area contributed by atoms with Gasteiger partial charge in [-0.3, -0.25) is 9.59 Å². The van der Waals surface area contributed by atoms with Gasteiger partial charge in [-0.05, 0) is 25.1 Å². The number of benzene rings is 1. The molecule has 1 aromatic heterocycles. The van der Waals surface area contributed by atoms with Crippen LogP contribution >= 0.6 is 23.1 Å². The van der Waals surface area contributed by atoms with Gasteiger partial charge in [0.25, 0.3) is 0 Å². The largest absolute Gasteiger partial charge is 0.374 e. The summed E-state index contributed by atoms with van der Waals surface area (Å²) < 4.78 is 14.9. The highest BCUT2D eigenvalue weighted by Crippen LogP contribution is 2.25. The third kappa shape index (κ3) is 4.31. The van der Waals surface area contributed by atoms with Crippen molar-refractivity contribution in [1.82, 2.24) is 15.1 Å². The number of carbonyl (C=O) groups is 2. The minimum atomic E-state index is -0.415. The second kappa shape index (κ2) is 8.00. The molecule has 1 aliphatic heterocycles. The molecule has 0 radical (unpaired) electrons. The predicted octanol–water partition coefficient (Wildman–Crippen LogP) is 1.90. The summed E-state index contributed by atoms with van der Waals surface area (Å²) >= 11 is 2.57. The maximum Gasteiger partial charge on any atom is 0.233 e. The van der Waals surface area contributed by atoms with Crippen LogP contribution in [0, 0.1) is 5.82 Å². The normalized spacial score (nSPS) is 14.5. The van der Waals surface area contributed by atoms with Crippen LogP contribution in [0.15, 0.2) is 22.5 Å². The molecule has 0 atom stereocenters. The molecule has 26 heavy (non-hydrogen) atoms. The lowest BCUT2D eigenvalue weighted by Crippen LogP contribution is -2.49. The topological polar surface area (TPSA) is 92.4 Å². The molecule has 0 unspecified atom stereocenters. The molecule has 0 bridgehead atoms. The molecular formula is C16H18FN5O2S2. The smallest absolute Gasteiger partial charge is 0.233 e. The monoisotopic (exact) mass is 395 g/mol. The highest BCUT2D eigenvalue weighted by molar-refractivity contribution is 8.01. The summed E-state index contributed by atoms with van der Waals surface area (Å²) in [6.07, 6.45) is 0. The van der Waals surface area contributed by atoms with Crippen LogP contribution in [0.1, 0.15) is 17.3 Å². The summed E-state index contributed by atoms with van der Waals surface area (Å²) in [6, 6.07) is 4.52. The Morgan fingerprint density at radius 2 is 2.00 bits per heavy atom. The first-order valence-electron chi connectivity index (χ1n) is 7.99. The van der Waals surface area contributed by atoms with Crippen LogP contribution in [-0.2, 0) is 4.79 Å². The molecule has 2 heterocycles. The quantitative estimate of drug-likeness (QED) is 0.611. The number of piperazine rings is 1. The number of amides is 1. The van der Waals surface area contributed by atoms with Gasteiger partial charge in [0.15, 0.2) is 10.1 Å². The summed E-state index contributed by atoms with van der Waals surface area (Å²) in [7, 11) is 0. The molecule has 2 N–H and O–H groups in total. The van der Waals surface area contributed by atoms with Crippen LogP contribution in [0.3, 0.4) is 0 Å². The van der Waals surface area contributed by atoms with E-state index in [2.05, 4.69) is 10.2 Å². The van der Waals surface area contributed by atoms with Gasteiger partial charge in [0.1, 0.15) is 5.82 Å². The van der Waals surface area contributed by atoms with E-state index in [1.165, 1.54) is 36.1 Å². The summed E-state index contributed by atoms with van der Waals surface area (Å²) in [5, 5.41) is 7.97. The van der Waals surface area contributed by atoms with E-state index in [0.717, 1.165) is 0 Å².